The maximum atomic E-state index is 12.5. The van der Waals surface area contributed by atoms with E-state index in [2.05, 4.69) is 10.3 Å². The van der Waals surface area contributed by atoms with Gasteiger partial charge in [0.1, 0.15) is 0 Å². The van der Waals surface area contributed by atoms with E-state index in [0.29, 0.717) is 29.5 Å². The summed E-state index contributed by atoms with van der Waals surface area (Å²) in [5, 5.41) is 6.85. The van der Waals surface area contributed by atoms with Gasteiger partial charge in [-0.2, -0.15) is 0 Å². The van der Waals surface area contributed by atoms with E-state index in [1.54, 1.807) is 11.0 Å². The highest BCUT2D eigenvalue weighted by Crippen LogP contribution is 2.25. The van der Waals surface area contributed by atoms with E-state index in [1.165, 1.54) is 22.7 Å². The molecule has 0 aliphatic carbocycles. The average molecular weight is 470 g/mol. The van der Waals surface area contributed by atoms with Crippen molar-refractivity contribution in [1.82, 2.24) is 9.88 Å². The third-order valence-corrected chi connectivity index (χ3v) is 6.83. The van der Waals surface area contributed by atoms with Gasteiger partial charge in [0.2, 0.25) is 0 Å². The molecule has 9 heteroatoms. The number of thiophene rings is 1. The van der Waals surface area contributed by atoms with E-state index in [9.17, 15) is 14.4 Å². The first kappa shape index (κ1) is 22.2. The summed E-state index contributed by atoms with van der Waals surface area (Å²) in [5.41, 5.74) is 2.91. The van der Waals surface area contributed by atoms with Crippen LogP contribution in [0.2, 0.25) is 0 Å². The quantitative estimate of drug-likeness (QED) is 0.546. The number of thiazole rings is 1. The molecule has 1 aliphatic rings. The molecule has 7 nitrogen and oxygen atoms in total. The molecule has 3 aromatic rings. The van der Waals surface area contributed by atoms with Crippen molar-refractivity contribution in [3.05, 3.63) is 57.6 Å². The zero-order chi connectivity index (χ0) is 22.5. The Bertz CT molecular complexity index is 1090. The predicted molar refractivity (Wildman–Crippen MR) is 125 cm³/mol. The van der Waals surface area contributed by atoms with Crippen LogP contribution in [0.5, 0.6) is 0 Å². The highest BCUT2D eigenvalue weighted by molar-refractivity contribution is 7.14. The van der Waals surface area contributed by atoms with Gasteiger partial charge in [-0.05, 0) is 31.2 Å². The maximum Gasteiger partial charge on any atom is 0.311 e. The lowest BCUT2D eigenvalue weighted by Crippen LogP contribution is -2.43. The molecule has 1 unspecified atom stereocenters. The Morgan fingerprint density at radius 2 is 2.00 bits per heavy atom. The van der Waals surface area contributed by atoms with Crippen molar-refractivity contribution in [1.29, 1.82) is 0 Å². The number of esters is 1. The largest absolute Gasteiger partial charge is 0.455 e. The summed E-state index contributed by atoms with van der Waals surface area (Å²) in [6.07, 6.45) is 1.37. The number of benzene rings is 1. The molecule has 32 heavy (non-hydrogen) atoms. The Labute approximate surface area is 194 Å². The predicted octanol–water partition coefficient (Wildman–Crippen LogP) is 4.21. The minimum absolute atomic E-state index is 0.0663. The molecular weight excluding hydrogens is 446 g/mol. The Kier molecular flexibility index (Phi) is 6.96. The third-order valence-electron chi connectivity index (χ3n) is 5.22. The Balaban J connectivity index is 1.26. The summed E-state index contributed by atoms with van der Waals surface area (Å²) in [4.78, 5) is 44.0. The van der Waals surface area contributed by atoms with E-state index in [0.717, 1.165) is 23.2 Å². The average Bonchev–Trinajstić information content (AvgIpc) is 3.50. The van der Waals surface area contributed by atoms with Gasteiger partial charge >= 0.3 is 5.97 Å². The molecule has 1 atom stereocenters. The molecule has 0 bridgehead atoms. The van der Waals surface area contributed by atoms with Crippen LogP contribution in [-0.4, -0.2) is 47.4 Å². The summed E-state index contributed by atoms with van der Waals surface area (Å²) in [7, 11) is 0. The van der Waals surface area contributed by atoms with E-state index >= 15 is 0 Å². The van der Waals surface area contributed by atoms with Crippen LogP contribution in [0.25, 0.3) is 11.3 Å². The molecular formula is C23H23N3O4S2. The number of ether oxygens (including phenoxy) is 1. The Hall–Kier alpha value is -3.04. The number of aryl methyl sites for hydroxylation is 1. The first-order valence-corrected chi connectivity index (χ1v) is 12.1. The summed E-state index contributed by atoms with van der Waals surface area (Å²) < 4.78 is 5.23. The molecule has 0 radical (unpaired) electrons. The summed E-state index contributed by atoms with van der Waals surface area (Å²) in [6, 6.07) is 11.6. The second kappa shape index (κ2) is 10.1. The molecule has 4 rings (SSSR count). The molecule has 0 saturated carbocycles. The number of carbonyl (C=O) groups excluding carboxylic acids is 3. The molecule has 2 aromatic heterocycles. The topological polar surface area (TPSA) is 88.6 Å². The Morgan fingerprint density at radius 1 is 1.19 bits per heavy atom. The second-order valence-electron chi connectivity index (χ2n) is 7.63. The first-order chi connectivity index (χ1) is 15.5. The molecule has 0 spiro atoms. The van der Waals surface area contributed by atoms with Crippen LogP contribution < -0.4 is 5.32 Å². The van der Waals surface area contributed by atoms with Crippen molar-refractivity contribution in [2.75, 3.05) is 25.0 Å². The normalized spacial score (nSPS) is 15.9. The van der Waals surface area contributed by atoms with Crippen LogP contribution in [0.4, 0.5) is 5.13 Å². The highest BCUT2D eigenvalue weighted by Gasteiger charge is 2.30. The number of nitrogens with one attached hydrogen (secondary N) is 1. The summed E-state index contributed by atoms with van der Waals surface area (Å²) in [5.74, 6) is -1.38. The van der Waals surface area contributed by atoms with Crippen LogP contribution >= 0.6 is 22.7 Å². The zero-order valence-corrected chi connectivity index (χ0v) is 19.2. The lowest BCUT2D eigenvalue weighted by atomic mass is 9.98. The molecule has 1 N–H and O–H groups in total. The van der Waals surface area contributed by atoms with Gasteiger partial charge in [0.25, 0.3) is 11.8 Å². The van der Waals surface area contributed by atoms with E-state index in [4.69, 9.17) is 4.74 Å². The number of nitrogens with zero attached hydrogens (tertiary/aromatic N) is 2. The summed E-state index contributed by atoms with van der Waals surface area (Å²) >= 11 is 2.70. The number of piperidine rings is 1. The molecule has 3 heterocycles. The zero-order valence-electron chi connectivity index (χ0n) is 17.6. The number of likely N-dealkylation sites (tertiary alicyclic amines) is 1. The lowest BCUT2D eigenvalue weighted by Gasteiger charge is -2.31. The lowest BCUT2D eigenvalue weighted by molar-refractivity contribution is -0.152. The van der Waals surface area contributed by atoms with Crippen molar-refractivity contribution >= 4 is 45.6 Å². The molecule has 1 aliphatic heterocycles. The number of anilines is 1. The van der Waals surface area contributed by atoms with Gasteiger partial charge < -0.3 is 9.64 Å². The van der Waals surface area contributed by atoms with Crippen molar-refractivity contribution in [2.24, 2.45) is 5.92 Å². The highest BCUT2D eigenvalue weighted by atomic mass is 32.1. The molecule has 2 amide bonds. The van der Waals surface area contributed by atoms with Gasteiger partial charge in [0.05, 0.1) is 16.5 Å². The molecule has 1 fully saturated rings. The van der Waals surface area contributed by atoms with Gasteiger partial charge in [-0.25, -0.2) is 4.98 Å². The van der Waals surface area contributed by atoms with Crippen LogP contribution in [0.1, 0.15) is 28.1 Å². The maximum absolute atomic E-state index is 12.5. The van der Waals surface area contributed by atoms with Crippen molar-refractivity contribution < 1.29 is 19.1 Å². The number of hydrogen-bond acceptors (Lipinski definition) is 7. The van der Waals surface area contributed by atoms with Crippen molar-refractivity contribution in [3.63, 3.8) is 0 Å². The van der Waals surface area contributed by atoms with Crippen LogP contribution in [-0.2, 0) is 14.3 Å². The van der Waals surface area contributed by atoms with Gasteiger partial charge in [0, 0.05) is 24.0 Å². The number of hydrogen-bond donors (Lipinski definition) is 1. The number of rotatable bonds is 6. The van der Waals surface area contributed by atoms with Crippen LogP contribution in [0, 0.1) is 12.8 Å². The van der Waals surface area contributed by atoms with E-state index in [-0.39, 0.29) is 12.5 Å². The summed E-state index contributed by atoms with van der Waals surface area (Å²) in [6.45, 7) is 2.57. The molecule has 1 aromatic carbocycles. The van der Waals surface area contributed by atoms with Crippen molar-refractivity contribution in [3.8, 4) is 11.3 Å². The minimum atomic E-state index is -0.455. The molecule has 166 valence electrons. The standard InChI is InChI=1S/C23H23N3O4S2/c1-15-6-8-16(9-7-15)18-14-32-23(24-18)25-20(27)13-30-22(29)17-4-2-10-26(12-17)21(28)19-5-3-11-31-19/h3,5-9,11,14,17H,2,4,10,12-13H2,1H3,(H,24,25,27). The fraction of sp³-hybridized carbons (Fsp3) is 0.304. The Morgan fingerprint density at radius 3 is 2.75 bits per heavy atom. The molecule has 1 saturated heterocycles. The first-order valence-electron chi connectivity index (χ1n) is 10.3. The monoisotopic (exact) mass is 469 g/mol. The van der Waals surface area contributed by atoms with Gasteiger partial charge in [-0.15, -0.1) is 22.7 Å². The van der Waals surface area contributed by atoms with Crippen LogP contribution in [0.15, 0.2) is 47.2 Å². The second-order valence-corrected chi connectivity index (χ2v) is 9.43. The minimum Gasteiger partial charge on any atom is -0.455 e. The number of amides is 2. The SMILES string of the molecule is Cc1ccc(-c2csc(NC(=O)COC(=O)C3CCCN(C(=O)c4cccs4)C3)n2)cc1. The van der Waals surface area contributed by atoms with E-state index < -0.39 is 17.8 Å². The number of aromatic nitrogens is 1. The fourth-order valence-corrected chi connectivity index (χ4v) is 4.93. The number of carbonyl (C=O) groups is 3. The van der Waals surface area contributed by atoms with Gasteiger partial charge in [-0.1, -0.05) is 35.9 Å². The van der Waals surface area contributed by atoms with Crippen molar-refractivity contribution in [2.45, 2.75) is 19.8 Å². The fourth-order valence-electron chi connectivity index (χ4n) is 3.51. The third kappa shape index (κ3) is 5.41. The van der Waals surface area contributed by atoms with Gasteiger partial charge in [0.15, 0.2) is 11.7 Å². The van der Waals surface area contributed by atoms with E-state index in [1.807, 2.05) is 48.0 Å². The smallest absolute Gasteiger partial charge is 0.311 e. The van der Waals surface area contributed by atoms with Gasteiger partial charge in [-0.3, -0.25) is 19.7 Å². The van der Waals surface area contributed by atoms with Crippen LogP contribution in [0.3, 0.4) is 0 Å².